The minimum absolute atomic E-state index is 0.663. The molecule has 0 spiro atoms. The summed E-state index contributed by atoms with van der Waals surface area (Å²) in [7, 11) is 0. The topological polar surface area (TPSA) is 0 Å². The highest BCUT2D eigenvalue weighted by Gasteiger charge is 2.37. The summed E-state index contributed by atoms with van der Waals surface area (Å²) in [6.45, 7) is 4.47. The quantitative estimate of drug-likeness (QED) is 0.463. The van der Waals surface area contributed by atoms with Gasteiger partial charge in [-0.2, -0.15) is 12.6 Å². The van der Waals surface area contributed by atoms with Crippen LogP contribution in [-0.2, 0) is 0 Å². The summed E-state index contributed by atoms with van der Waals surface area (Å²) in [5.74, 6) is 2.43. The number of thiol groups is 1. The third-order valence-electron chi connectivity index (χ3n) is 4.25. The second kappa shape index (κ2) is 8.44. The van der Waals surface area contributed by atoms with Gasteiger partial charge in [-0.1, -0.05) is 39.5 Å². The summed E-state index contributed by atoms with van der Waals surface area (Å²) in [5, 5.41) is 0.663. The van der Waals surface area contributed by atoms with Crippen LogP contribution in [0.4, 0.5) is 0 Å². The maximum atomic E-state index is 4.48. The van der Waals surface area contributed by atoms with Crippen LogP contribution in [0.5, 0.6) is 0 Å². The molecule has 2 aliphatic carbocycles. The Balaban J connectivity index is 0.000000176. The SMILES string of the molecule is C1CC2CCC12.CCCCCC(S)CCC. The molecule has 0 radical (unpaired) electrons. The Hall–Kier alpha value is 0.350. The standard InChI is InChI=1S/C9H20S.C6H10/c1-3-5-6-8-9(10)7-4-2;1-2-6-4-3-5(1)6/h9-10H,3-8H2,1-2H3;5-6H,1-4H2. The maximum Gasteiger partial charge on any atom is 0.00167 e. The minimum Gasteiger partial charge on any atom is -0.176 e. The van der Waals surface area contributed by atoms with Crippen molar-refractivity contribution >= 4 is 12.6 Å². The fourth-order valence-corrected chi connectivity index (χ4v) is 3.11. The van der Waals surface area contributed by atoms with E-state index in [4.69, 9.17) is 0 Å². The van der Waals surface area contributed by atoms with Gasteiger partial charge in [0.25, 0.3) is 0 Å². The predicted molar refractivity (Wildman–Crippen MR) is 77.3 cm³/mol. The number of rotatable bonds is 6. The molecule has 2 fully saturated rings. The fourth-order valence-electron chi connectivity index (χ4n) is 2.67. The molecule has 96 valence electrons. The van der Waals surface area contributed by atoms with Gasteiger partial charge < -0.3 is 0 Å². The van der Waals surface area contributed by atoms with Gasteiger partial charge in [0, 0.05) is 5.25 Å². The zero-order valence-electron chi connectivity index (χ0n) is 11.3. The van der Waals surface area contributed by atoms with Crippen LogP contribution in [0.25, 0.3) is 0 Å². The van der Waals surface area contributed by atoms with Crippen molar-refractivity contribution in [2.45, 2.75) is 83.3 Å². The van der Waals surface area contributed by atoms with Gasteiger partial charge in [-0.15, -0.1) is 0 Å². The summed E-state index contributed by atoms with van der Waals surface area (Å²) < 4.78 is 0. The Kier molecular flexibility index (Phi) is 7.60. The first-order valence-corrected chi connectivity index (χ1v) is 7.97. The summed E-state index contributed by atoms with van der Waals surface area (Å²) in [5.41, 5.74) is 0. The van der Waals surface area contributed by atoms with Gasteiger partial charge >= 0.3 is 0 Å². The van der Waals surface area contributed by atoms with E-state index in [9.17, 15) is 0 Å². The maximum absolute atomic E-state index is 4.48. The van der Waals surface area contributed by atoms with Gasteiger partial charge in [-0.25, -0.2) is 0 Å². The van der Waals surface area contributed by atoms with Gasteiger partial charge in [-0.05, 0) is 50.4 Å². The molecule has 0 aliphatic heterocycles. The summed E-state index contributed by atoms with van der Waals surface area (Å²) in [4.78, 5) is 0. The van der Waals surface area contributed by atoms with Crippen LogP contribution in [0.1, 0.15) is 78.1 Å². The van der Waals surface area contributed by atoms with E-state index in [2.05, 4.69) is 26.5 Å². The van der Waals surface area contributed by atoms with Crippen molar-refractivity contribution in [2.75, 3.05) is 0 Å². The first kappa shape index (κ1) is 14.4. The van der Waals surface area contributed by atoms with Crippen LogP contribution in [0, 0.1) is 11.8 Å². The van der Waals surface area contributed by atoms with Crippen molar-refractivity contribution < 1.29 is 0 Å². The Bertz CT molecular complexity index is 149. The number of fused-ring (bicyclic) bond motifs is 1. The zero-order chi connectivity index (χ0) is 11.8. The molecule has 0 saturated heterocycles. The van der Waals surface area contributed by atoms with Crippen LogP contribution in [0.3, 0.4) is 0 Å². The molecule has 2 saturated carbocycles. The van der Waals surface area contributed by atoms with Crippen LogP contribution in [0.2, 0.25) is 0 Å². The molecule has 0 N–H and O–H groups in total. The third-order valence-corrected chi connectivity index (χ3v) is 4.76. The molecular weight excluding hydrogens is 212 g/mol. The van der Waals surface area contributed by atoms with E-state index in [1.165, 1.54) is 50.4 Å². The monoisotopic (exact) mass is 242 g/mol. The van der Waals surface area contributed by atoms with Crippen molar-refractivity contribution in [2.24, 2.45) is 11.8 Å². The number of hydrogen-bond acceptors (Lipinski definition) is 1. The van der Waals surface area contributed by atoms with E-state index < -0.39 is 0 Å². The molecule has 0 aromatic carbocycles. The van der Waals surface area contributed by atoms with Crippen LogP contribution in [0.15, 0.2) is 0 Å². The molecule has 2 aliphatic rings. The average Bonchev–Trinajstić information content (AvgIpc) is 2.25. The van der Waals surface area contributed by atoms with E-state index in [0.29, 0.717) is 5.25 Å². The third kappa shape index (κ3) is 5.12. The molecule has 0 aromatic rings. The van der Waals surface area contributed by atoms with Crippen molar-refractivity contribution in [3.8, 4) is 0 Å². The predicted octanol–water partition coefficient (Wildman–Crippen LogP) is 5.47. The highest BCUT2D eigenvalue weighted by atomic mass is 32.1. The van der Waals surface area contributed by atoms with Gasteiger partial charge in [0.05, 0.1) is 0 Å². The fraction of sp³-hybridized carbons (Fsp3) is 1.00. The van der Waals surface area contributed by atoms with Crippen molar-refractivity contribution in [1.82, 2.24) is 0 Å². The Morgan fingerprint density at radius 2 is 1.44 bits per heavy atom. The van der Waals surface area contributed by atoms with Gasteiger partial charge in [0.15, 0.2) is 0 Å². The first-order valence-electron chi connectivity index (χ1n) is 7.46. The van der Waals surface area contributed by atoms with E-state index in [1.54, 1.807) is 25.7 Å². The van der Waals surface area contributed by atoms with Gasteiger partial charge in [0.1, 0.15) is 0 Å². The Morgan fingerprint density at radius 3 is 1.75 bits per heavy atom. The lowest BCUT2D eigenvalue weighted by Gasteiger charge is -2.46. The zero-order valence-corrected chi connectivity index (χ0v) is 12.1. The van der Waals surface area contributed by atoms with E-state index in [-0.39, 0.29) is 0 Å². The van der Waals surface area contributed by atoms with E-state index in [1.807, 2.05) is 0 Å². The molecule has 1 heteroatoms. The van der Waals surface area contributed by atoms with Crippen LogP contribution < -0.4 is 0 Å². The Morgan fingerprint density at radius 1 is 0.875 bits per heavy atom. The summed E-state index contributed by atoms with van der Waals surface area (Å²) >= 11 is 4.48. The second-order valence-electron chi connectivity index (χ2n) is 5.61. The van der Waals surface area contributed by atoms with Gasteiger partial charge in [-0.3, -0.25) is 0 Å². The highest BCUT2D eigenvalue weighted by molar-refractivity contribution is 7.80. The largest absolute Gasteiger partial charge is 0.176 e. The molecule has 0 heterocycles. The lowest BCUT2D eigenvalue weighted by atomic mass is 9.60. The number of unbranched alkanes of at least 4 members (excludes halogenated alkanes) is 2. The molecule has 0 bridgehead atoms. The lowest BCUT2D eigenvalue weighted by Crippen LogP contribution is -2.34. The molecule has 0 nitrogen and oxygen atoms in total. The number of hydrogen-bond donors (Lipinski definition) is 1. The van der Waals surface area contributed by atoms with Crippen LogP contribution >= 0.6 is 12.6 Å². The second-order valence-corrected chi connectivity index (χ2v) is 6.34. The van der Waals surface area contributed by atoms with Gasteiger partial charge in [0.2, 0.25) is 0 Å². The molecule has 16 heavy (non-hydrogen) atoms. The van der Waals surface area contributed by atoms with Crippen LogP contribution in [-0.4, -0.2) is 5.25 Å². The molecule has 0 aromatic heterocycles. The summed E-state index contributed by atoms with van der Waals surface area (Å²) in [6.07, 6.45) is 14.2. The van der Waals surface area contributed by atoms with E-state index >= 15 is 0 Å². The van der Waals surface area contributed by atoms with Crippen molar-refractivity contribution in [3.63, 3.8) is 0 Å². The smallest absolute Gasteiger partial charge is 0.00167 e. The highest BCUT2D eigenvalue weighted by Crippen LogP contribution is 2.49. The molecule has 2 rings (SSSR count). The molecule has 1 atom stereocenters. The summed E-state index contributed by atoms with van der Waals surface area (Å²) in [6, 6.07) is 0. The minimum atomic E-state index is 0.663. The Labute approximate surface area is 108 Å². The average molecular weight is 242 g/mol. The lowest BCUT2D eigenvalue weighted by molar-refractivity contribution is 0.0548. The van der Waals surface area contributed by atoms with Crippen molar-refractivity contribution in [1.29, 1.82) is 0 Å². The van der Waals surface area contributed by atoms with E-state index in [0.717, 1.165) is 0 Å². The van der Waals surface area contributed by atoms with Crippen molar-refractivity contribution in [3.05, 3.63) is 0 Å². The molecular formula is C15H30S. The molecule has 0 amide bonds. The first-order chi connectivity index (χ1) is 7.77. The normalized spacial score (nSPS) is 27.9. The molecule has 1 unspecified atom stereocenters.